The molecular weight excluding hydrogens is 316 g/mol. The summed E-state index contributed by atoms with van der Waals surface area (Å²) in [5, 5.41) is 6.11. The van der Waals surface area contributed by atoms with Gasteiger partial charge in [-0.2, -0.15) is 5.10 Å². The fraction of sp³-hybridized carbons (Fsp3) is 0.100. The van der Waals surface area contributed by atoms with Crippen LogP contribution in [0.25, 0.3) is 10.8 Å². The minimum atomic E-state index is -0.262. The Balaban J connectivity index is 1.71. The Kier molecular flexibility index (Phi) is 4.95. The second-order valence-electron chi connectivity index (χ2n) is 5.38. The highest BCUT2D eigenvalue weighted by atomic mass is 16.5. The van der Waals surface area contributed by atoms with E-state index in [1.165, 1.54) is 0 Å². The standard InChI is InChI=1S/C20H18N2O3/c1-24-18-10-7-14(11-19(18)25-2)13-21-22-20(23)17-9-8-15-5-3-4-6-16(15)12-17/h3-13H,1-2H3,(H,22,23). The molecule has 0 aliphatic rings. The van der Waals surface area contributed by atoms with Crippen molar-refractivity contribution in [3.63, 3.8) is 0 Å². The highest BCUT2D eigenvalue weighted by molar-refractivity contribution is 5.99. The molecule has 0 bridgehead atoms. The normalized spacial score (nSPS) is 10.8. The molecule has 0 saturated heterocycles. The molecule has 0 aliphatic heterocycles. The van der Waals surface area contributed by atoms with E-state index in [1.54, 1.807) is 38.6 Å². The zero-order chi connectivity index (χ0) is 17.6. The van der Waals surface area contributed by atoms with Gasteiger partial charge >= 0.3 is 0 Å². The van der Waals surface area contributed by atoms with Crippen molar-refractivity contribution in [2.45, 2.75) is 0 Å². The number of fused-ring (bicyclic) bond motifs is 1. The molecule has 1 N–H and O–H groups in total. The van der Waals surface area contributed by atoms with Crippen molar-refractivity contribution in [1.82, 2.24) is 5.43 Å². The Bertz CT molecular complexity index is 935. The van der Waals surface area contributed by atoms with Crippen LogP contribution in [0.3, 0.4) is 0 Å². The van der Waals surface area contributed by atoms with Gasteiger partial charge in [0.05, 0.1) is 20.4 Å². The van der Waals surface area contributed by atoms with Crippen molar-refractivity contribution in [3.05, 3.63) is 71.8 Å². The first-order valence-corrected chi connectivity index (χ1v) is 7.75. The molecule has 126 valence electrons. The number of hydrazone groups is 1. The molecule has 0 saturated carbocycles. The Hall–Kier alpha value is -3.34. The quantitative estimate of drug-likeness (QED) is 0.573. The highest BCUT2D eigenvalue weighted by Crippen LogP contribution is 2.26. The summed E-state index contributed by atoms with van der Waals surface area (Å²) in [6, 6.07) is 18.8. The zero-order valence-electron chi connectivity index (χ0n) is 14.0. The van der Waals surface area contributed by atoms with E-state index < -0.39 is 0 Å². The van der Waals surface area contributed by atoms with E-state index in [2.05, 4.69) is 10.5 Å². The van der Waals surface area contributed by atoms with Crippen molar-refractivity contribution < 1.29 is 14.3 Å². The van der Waals surface area contributed by atoms with Gasteiger partial charge < -0.3 is 9.47 Å². The van der Waals surface area contributed by atoms with Crippen molar-refractivity contribution >= 4 is 22.9 Å². The predicted molar refractivity (Wildman–Crippen MR) is 98.6 cm³/mol. The van der Waals surface area contributed by atoms with Gasteiger partial charge in [-0.25, -0.2) is 5.43 Å². The van der Waals surface area contributed by atoms with Crippen molar-refractivity contribution in [2.75, 3.05) is 14.2 Å². The molecule has 0 aliphatic carbocycles. The Labute approximate surface area is 145 Å². The van der Waals surface area contributed by atoms with Crippen LogP contribution in [0.2, 0.25) is 0 Å². The molecule has 25 heavy (non-hydrogen) atoms. The molecule has 0 fully saturated rings. The largest absolute Gasteiger partial charge is 0.493 e. The third-order valence-electron chi connectivity index (χ3n) is 3.80. The van der Waals surface area contributed by atoms with Crippen LogP contribution >= 0.6 is 0 Å². The molecule has 0 unspecified atom stereocenters. The molecular formula is C20H18N2O3. The summed E-state index contributed by atoms with van der Waals surface area (Å²) in [4.78, 5) is 12.2. The average molecular weight is 334 g/mol. The summed E-state index contributed by atoms with van der Waals surface area (Å²) >= 11 is 0. The van der Waals surface area contributed by atoms with Gasteiger partial charge in [0.2, 0.25) is 0 Å². The third kappa shape index (κ3) is 3.77. The summed E-state index contributed by atoms with van der Waals surface area (Å²) in [5.41, 5.74) is 3.88. The summed E-state index contributed by atoms with van der Waals surface area (Å²) in [6.45, 7) is 0. The molecule has 5 heteroatoms. The van der Waals surface area contributed by atoms with E-state index >= 15 is 0 Å². The van der Waals surface area contributed by atoms with Gasteiger partial charge in [-0.15, -0.1) is 0 Å². The number of hydrogen-bond acceptors (Lipinski definition) is 4. The number of carbonyl (C=O) groups is 1. The Morgan fingerprint density at radius 3 is 2.44 bits per heavy atom. The number of nitrogens with zero attached hydrogens (tertiary/aromatic N) is 1. The van der Waals surface area contributed by atoms with Crippen LogP contribution in [-0.4, -0.2) is 26.3 Å². The summed E-state index contributed by atoms with van der Waals surface area (Å²) in [5.74, 6) is 0.981. The minimum Gasteiger partial charge on any atom is -0.493 e. The summed E-state index contributed by atoms with van der Waals surface area (Å²) < 4.78 is 10.4. The number of rotatable bonds is 5. The lowest BCUT2D eigenvalue weighted by molar-refractivity contribution is 0.0955. The first kappa shape index (κ1) is 16.5. The first-order chi connectivity index (χ1) is 12.2. The number of methoxy groups -OCH3 is 2. The molecule has 0 spiro atoms. The number of benzene rings is 3. The predicted octanol–water partition coefficient (Wildman–Crippen LogP) is 3.62. The van der Waals surface area contributed by atoms with Crippen molar-refractivity contribution in [2.24, 2.45) is 5.10 Å². The van der Waals surface area contributed by atoms with E-state index in [-0.39, 0.29) is 5.91 Å². The monoisotopic (exact) mass is 334 g/mol. The maximum atomic E-state index is 12.2. The van der Waals surface area contributed by atoms with Gasteiger partial charge in [-0.1, -0.05) is 30.3 Å². The zero-order valence-corrected chi connectivity index (χ0v) is 14.0. The fourth-order valence-electron chi connectivity index (χ4n) is 2.49. The first-order valence-electron chi connectivity index (χ1n) is 7.75. The minimum absolute atomic E-state index is 0.262. The lowest BCUT2D eigenvalue weighted by Gasteiger charge is -2.07. The van der Waals surface area contributed by atoms with E-state index in [9.17, 15) is 4.79 Å². The van der Waals surface area contributed by atoms with Crippen LogP contribution in [0.4, 0.5) is 0 Å². The maximum absolute atomic E-state index is 12.2. The molecule has 3 aromatic carbocycles. The van der Waals surface area contributed by atoms with Crippen LogP contribution in [0, 0.1) is 0 Å². The second-order valence-corrected chi connectivity index (χ2v) is 5.38. The topological polar surface area (TPSA) is 59.9 Å². The van der Waals surface area contributed by atoms with Gasteiger partial charge in [0.1, 0.15) is 0 Å². The van der Waals surface area contributed by atoms with Crippen LogP contribution in [-0.2, 0) is 0 Å². The SMILES string of the molecule is COc1ccc(C=NNC(=O)c2ccc3ccccc3c2)cc1OC. The molecule has 0 heterocycles. The van der Waals surface area contributed by atoms with E-state index in [0.29, 0.717) is 17.1 Å². The van der Waals surface area contributed by atoms with Gasteiger partial charge in [0.15, 0.2) is 11.5 Å². The van der Waals surface area contributed by atoms with Gasteiger partial charge in [0.25, 0.3) is 5.91 Å². The van der Waals surface area contributed by atoms with Crippen LogP contribution in [0.15, 0.2) is 65.8 Å². The number of hydrogen-bond donors (Lipinski definition) is 1. The average Bonchev–Trinajstić information content (AvgIpc) is 2.67. The maximum Gasteiger partial charge on any atom is 0.271 e. The second kappa shape index (κ2) is 7.49. The fourth-order valence-corrected chi connectivity index (χ4v) is 2.49. The van der Waals surface area contributed by atoms with Gasteiger partial charge in [-0.3, -0.25) is 4.79 Å². The molecule has 0 aromatic heterocycles. The third-order valence-corrected chi connectivity index (χ3v) is 3.80. The van der Waals surface area contributed by atoms with Crippen LogP contribution < -0.4 is 14.9 Å². The summed E-state index contributed by atoms with van der Waals surface area (Å²) in [6.07, 6.45) is 1.56. The molecule has 0 radical (unpaired) electrons. The lowest BCUT2D eigenvalue weighted by Crippen LogP contribution is -2.17. The Morgan fingerprint density at radius 1 is 0.920 bits per heavy atom. The molecule has 3 rings (SSSR count). The summed E-state index contributed by atoms with van der Waals surface area (Å²) in [7, 11) is 3.15. The highest BCUT2D eigenvalue weighted by Gasteiger charge is 2.06. The molecule has 5 nitrogen and oxygen atoms in total. The molecule has 3 aromatic rings. The number of nitrogens with one attached hydrogen (secondary N) is 1. The van der Waals surface area contributed by atoms with Crippen LogP contribution in [0.5, 0.6) is 11.5 Å². The lowest BCUT2D eigenvalue weighted by atomic mass is 10.1. The van der Waals surface area contributed by atoms with Gasteiger partial charge in [-0.05, 0) is 46.7 Å². The van der Waals surface area contributed by atoms with E-state index in [4.69, 9.17) is 9.47 Å². The van der Waals surface area contributed by atoms with Crippen LogP contribution in [0.1, 0.15) is 15.9 Å². The number of ether oxygens (including phenoxy) is 2. The number of carbonyl (C=O) groups excluding carboxylic acids is 1. The van der Waals surface area contributed by atoms with E-state index in [1.807, 2.05) is 42.5 Å². The Morgan fingerprint density at radius 2 is 1.68 bits per heavy atom. The van der Waals surface area contributed by atoms with E-state index in [0.717, 1.165) is 16.3 Å². The number of amides is 1. The van der Waals surface area contributed by atoms with Crippen molar-refractivity contribution in [3.8, 4) is 11.5 Å². The van der Waals surface area contributed by atoms with Crippen molar-refractivity contribution in [1.29, 1.82) is 0 Å². The molecule has 1 amide bonds. The van der Waals surface area contributed by atoms with Gasteiger partial charge in [0, 0.05) is 5.56 Å². The molecule has 0 atom stereocenters. The smallest absolute Gasteiger partial charge is 0.271 e.